The van der Waals surface area contributed by atoms with Crippen molar-refractivity contribution < 1.29 is 14.4 Å². The third-order valence-electron chi connectivity index (χ3n) is 8.65. The molecule has 0 spiro atoms. The molecule has 0 radical (unpaired) electrons. The van der Waals surface area contributed by atoms with E-state index in [1.165, 1.54) is 0 Å². The smallest absolute Gasteiger partial charge is 0.252 e. The van der Waals surface area contributed by atoms with Gasteiger partial charge in [0.05, 0.1) is 11.1 Å². The van der Waals surface area contributed by atoms with Gasteiger partial charge in [0.1, 0.15) is 5.82 Å². The number of hydrogen-bond acceptors (Lipinski definition) is 6. The SMILES string of the molecule is NC(=O)c1cc(Br)c(C(=O)N[C@H]2C[C@H]3CC[C@@H](C2)N3c2ccc(C(=O)C3CC3)cn2)cc1NC1CCCC1. The number of fused-ring (bicyclic) bond motifs is 2. The Labute approximate surface area is 231 Å². The minimum absolute atomic E-state index is 0.0564. The standard InChI is InChI=1S/C29H34BrN5O3/c30-24-13-23(28(31)37)25(33-18-3-1-2-4-18)14-22(24)29(38)34-19-11-20-8-9-21(12-19)35(20)26-10-7-17(15-32-26)27(36)16-5-6-16/h7,10,13-16,18-21,33H,1-6,8-9,11-12H2,(H2,31,37)(H,34,38)/t19-,20+,21-. The van der Waals surface area contributed by atoms with E-state index in [2.05, 4.69) is 36.4 Å². The first-order chi connectivity index (χ1) is 18.4. The maximum absolute atomic E-state index is 13.4. The number of nitrogens with two attached hydrogens (primary N) is 1. The predicted octanol–water partition coefficient (Wildman–Crippen LogP) is 4.82. The third kappa shape index (κ3) is 5.05. The molecule has 3 heterocycles. The fraction of sp³-hybridized carbons (Fsp3) is 0.517. The number of nitrogens with zero attached hydrogens (tertiary/aromatic N) is 2. The van der Waals surface area contributed by atoms with Gasteiger partial charge in [-0.3, -0.25) is 14.4 Å². The molecule has 4 fully saturated rings. The Morgan fingerprint density at radius 2 is 1.63 bits per heavy atom. The molecule has 38 heavy (non-hydrogen) atoms. The second-order valence-electron chi connectivity index (χ2n) is 11.3. The molecule has 4 N–H and O–H groups in total. The van der Waals surface area contributed by atoms with Crippen LogP contribution in [0.5, 0.6) is 0 Å². The largest absolute Gasteiger partial charge is 0.382 e. The molecule has 2 saturated carbocycles. The van der Waals surface area contributed by atoms with Gasteiger partial charge in [-0.2, -0.15) is 0 Å². The van der Waals surface area contributed by atoms with Gasteiger partial charge in [0, 0.05) is 52.0 Å². The summed E-state index contributed by atoms with van der Waals surface area (Å²) in [7, 11) is 0. The number of carbonyl (C=O) groups is 3. The summed E-state index contributed by atoms with van der Waals surface area (Å²) in [5.41, 5.74) is 7.88. The Kier molecular flexibility index (Phi) is 6.88. The molecule has 1 aromatic carbocycles. The average Bonchev–Trinajstić information content (AvgIpc) is 3.56. The van der Waals surface area contributed by atoms with E-state index in [4.69, 9.17) is 5.73 Å². The van der Waals surface area contributed by atoms with E-state index in [0.717, 1.165) is 70.0 Å². The van der Waals surface area contributed by atoms with Crippen molar-refractivity contribution in [1.29, 1.82) is 0 Å². The van der Waals surface area contributed by atoms with E-state index in [0.29, 0.717) is 45.0 Å². The van der Waals surface area contributed by atoms with Crippen LogP contribution < -0.4 is 21.3 Å². The van der Waals surface area contributed by atoms with Crippen LogP contribution in [-0.2, 0) is 0 Å². The zero-order valence-electron chi connectivity index (χ0n) is 21.4. The summed E-state index contributed by atoms with van der Waals surface area (Å²) in [6.45, 7) is 0. The van der Waals surface area contributed by atoms with Crippen LogP contribution in [0.2, 0.25) is 0 Å². The summed E-state index contributed by atoms with van der Waals surface area (Å²) < 4.78 is 0.561. The van der Waals surface area contributed by atoms with E-state index in [1.54, 1.807) is 18.3 Å². The van der Waals surface area contributed by atoms with Crippen molar-refractivity contribution in [2.75, 3.05) is 10.2 Å². The lowest BCUT2D eigenvalue weighted by atomic mass is 9.96. The molecule has 0 unspecified atom stereocenters. The van der Waals surface area contributed by atoms with Crippen LogP contribution in [0.25, 0.3) is 0 Å². The average molecular weight is 581 g/mol. The zero-order valence-corrected chi connectivity index (χ0v) is 23.0. The number of amides is 2. The molecule has 2 saturated heterocycles. The quantitative estimate of drug-likeness (QED) is 0.386. The molecule has 6 rings (SSSR count). The fourth-order valence-electron chi connectivity index (χ4n) is 6.56. The van der Waals surface area contributed by atoms with Gasteiger partial charge in [-0.05, 0) is 91.6 Å². The first kappa shape index (κ1) is 25.3. The Morgan fingerprint density at radius 3 is 2.24 bits per heavy atom. The van der Waals surface area contributed by atoms with Crippen LogP contribution in [0, 0.1) is 5.92 Å². The number of Topliss-reactive ketones (excluding diaryl/α,β-unsaturated/α-hetero) is 1. The molecule has 2 aromatic rings. The Morgan fingerprint density at radius 1 is 0.921 bits per heavy atom. The number of rotatable bonds is 8. The van der Waals surface area contributed by atoms with Gasteiger partial charge in [-0.15, -0.1) is 0 Å². The monoisotopic (exact) mass is 579 g/mol. The first-order valence-corrected chi connectivity index (χ1v) is 14.7. The number of piperidine rings is 1. The van der Waals surface area contributed by atoms with Crippen molar-refractivity contribution in [3.05, 3.63) is 51.6 Å². The van der Waals surface area contributed by atoms with Crippen LogP contribution in [0.3, 0.4) is 0 Å². The van der Waals surface area contributed by atoms with E-state index >= 15 is 0 Å². The van der Waals surface area contributed by atoms with Gasteiger partial charge in [-0.1, -0.05) is 12.8 Å². The molecular weight excluding hydrogens is 546 g/mol. The molecule has 2 amide bonds. The van der Waals surface area contributed by atoms with Crippen molar-refractivity contribution in [3.8, 4) is 0 Å². The summed E-state index contributed by atoms with van der Waals surface area (Å²) in [6, 6.07) is 8.27. The lowest BCUT2D eigenvalue weighted by Gasteiger charge is -2.40. The number of benzene rings is 1. The normalized spacial score (nSPS) is 24.9. The maximum Gasteiger partial charge on any atom is 0.252 e. The van der Waals surface area contributed by atoms with E-state index in [9.17, 15) is 14.4 Å². The highest BCUT2D eigenvalue weighted by atomic mass is 79.9. The highest BCUT2D eigenvalue weighted by Gasteiger charge is 2.42. The van der Waals surface area contributed by atoms with Gasteiger partial charge in [0.15, 0.2) is 5.78 Å². The van der Waals surface area contributed by atoms with Crippen LogP contribution in [-0.4, -0.2) is 46.7 Å². The molecule has 200 valence electrons. The maximum atomic E-state index is 13.4. The molecule has 2 aliphatic heterocycles. The summed E-state index contributed by atoms with van der Waals surface area (Å²) >= 11 is 3.50. The summed E-state index contributed by atoms with van der Waals surface area (Å²) in [4.78, 5) is 44.9. The molecule has 1 aromatic heterocycles. The van der Waals surface area contributed by atoms with Crippen molar-refractivity contribution in [1.82, 2.24) is 10.3 Å². The minimum Gasteiger partial charge on any atom is -0.382 e. The van der Waals surface area contributed by atoms with Crippen molar-refractivity contribution in [3.63, 3.8) is 0 Å². The van der Waals surface area contributed by atoms with E-state index in [1.807, 2.05) is 12.1 Å². The van der Waals surface area contributed by atoms with Crippen molar-refractivity contribution in [2.45, 2.75) is 88.4 Å². The van der Waals surface area contributed by atoms with Crippen LogP contribution >= 0.6 is 15.9 Å². The molecule has 2 bridgehead atoms. The zero-order chi connectivity index (χ0) is 26.4. The number of halogens is 1. The second-order valence-corrected chi connectivity index (χ2v) is 12.2. The number of carbonyl (C=O) groups excluding carboxylic acids is 3. The number of aromatic nitrogens is 1. The lowest BCUT2D eigenvalue weighted by Crippen LogP contribution is -2.50. The Bertz CT molecular complexity index is 1240. The Hall–Kier alpha value is -2.94. The van der Waals surface area contributed by atoms with Crippen LogP contribution in [0.1, 0.15) is 95.3 Å². The summed E-state index contributed by atoms with van der Waals surface area (Å²) in [6.07, 6.45) is 11.9. The van der Waals surface area contributed by atoms with Gasteiger partial charge in [0.2, 0.25) is 0 Å². The first-order valence-electron chi connectivity index (χ1n) is 13.9. The minimum atomic E-state index is -0.513. The number of pyridine rings is 1. The molecule has 8 nitrogen and oxygen atoms in total. The molecular formula is C29H34BrN5O3. The third-order valence-corrected chi connectivity index (χ3v) is 9.30. The van der Waals surface area contributed by atoms with Gasteiger partial charge >= 0.3 is 0 Å². The van der Waals surface area contributed by atoms with Gasteiger partial charge in [0.25, 0.3) is 11.8 Å². The highest BCUT2D eigenvalue weighted by molar-refractivity contribution is 9.10. The van der Waals surface area contributed by atoms with E-state index < -0.39 is 5.91 Å². The molecule has 9 heteroatoms. The van der Waals surface area contributed by atoms with Crippen molar-refractivity contribution in [2.24, 2.45) is 11.7 Å². The lowest BCUT2D eigenvalue weighted by molar-refractivity contribution is 0.0923. The van der Waals surface area contributed by atoms with Crippen LogP contribution in [0.4, 0.5) is 11.5 Å². The van der Waals surface area contributed by atoms with Gasteiger partial charge in [-0.25, -0.2) is 4.98 Å². The van der Waals surface area contributed by atoms with Gasteiger partial charge < -0.3 is 21.3 Å². The number of primary amides is 1. The molecule has 4 aliphatic rings. The second kappa shape index (κ2) is 10.3. The number of hydrogen-bond donors (Lipinski definition) is 3. The van der Waals surface area contributed by atoms with E-state index in [-0.39, 0.29) is 23.7 Å². The Balaban J connectivity index is 1.14. The highest BCUT2D eigenvalue weighted by Crippen LogP contribution is 2.39. The number of nitrogens with one attached hydrogen (secondary N) is 2. The summed E-state index contributed by atoms with van der Waals surface area (Å²) in [5.74, 6) is 0.661. The fourth-order valence-corrected chi connectivity index (χ4v) is 7.08. The topological polar surface area (TPSA) is 117 Å². The number of anilines is 2. The predicted molar refractivity (Wildman–Crippen MR) is 150 cm³/mol. The number of ketones is 1. The van der Waals surface area contributed by atoms with Crippen LogP contribution in [0.15, 0.2) is 34.9 Å². The summed E-state index contributed by atoms with van der Waals surface area (Å²) in [5, 5.41) is 6.71. The molecule has 2 aliphatic carbocycles. The molecule has 3 atom stereocenters. The van der Waals surface area contributed by atoms with Crippen molar-refractivity contribution >= 4 is 45.0 Å².